The molecular weight excluding hydrogens is 350 g/mol. The molecule has 6 heteroatoms. The van der Waals surface area contributed by atoms with Crippen molar-refractivity contribution in [3.63, 3.8) is 0 Å². The van der Waals surface area contributed by atoms with Crippen molar-refractivity contribution in [3.05, 3.63) is 27.7 Å². The number of hydrogen-bond acceptors (Lipinski definition) is 4. The fourth-order valence-corrected chi connectivity index (χ4v) is 2.28. The molecule has 0 heterocycles. The topological polar surface area (TPSA) is 79.5 Å². The van der Waals surface area contributed by atoms with E-state index in [1.54, 1.807) is 18.2 Å². The molecule has 0 radical (unpaired) electrons. The summed E-state index contributed by atoms with van der Waals surface area (Å²) < 4.78 is 11.7. The summed E-state index contributed by atoms with van der Waals surface area (Å²) in [5.41, 5.74) is 0.125. The molecule has 1 N–H and O–H groups in total. The Kier molecular flexibility index (Phi) is 7.47. The molecule has 0 aromatic heterocycles. The van der Waals surface area contributed by atoms with Gasteiger partial charge in [-0.05, 0) is 24.6 Å². The van der Waals surface area contributed by atoms with Crippen LogP contribution in [0, 0.1) is 11.3 Å². The first-order chi connectivity index (χ1) is 10.5. The van der Waals surface area contributed by atoms with Gasteiger partial charge in [0.05, 0.1) is 13.7 Å². The van der Waals surface area contributed by atoms with Gasteiger partial charge in [-0.25, -0.2) is 4.79 Å². The number of ether oxygens (including phenoxy) is 2. The lowest BCUT2D eigenvalue weighted by Crippen LogP contribution is -2.03. The highest BCUT2D eigenvalue weighted by atomic mass is 79.9. The summed E-state index contributed by atoms with van der Waals surface area (Å²) in [6, 6.07) is 5.09. The minimum atomic E-state index is -1.28. The number of nitriles is 1. The van der Waals surface area contributed by atoms with Crippen molar-refractivity contribution >= 4 is 28.0 Å². The smallest absolute Gasteiger partial charge is 0.346 e. The minimum Gasteiger partial charge on any atom is -0.493 e. The molecule has 0 saturated heterocycles. The third-order valence-electron chi connectivity index (χ3n) is 2.91. The Bertz CT molecular complexity index is 605. The molecule has 118 valence electrons. The van der Waals surface area contributed by atoms with E-state index >= 15 is 0 Å². The Morgan fingerprint density at radius 3 is 2.73 bits per heavy atom. The zero-order valence-electron chi connectivity index (χ0n) is 12.6. The number of carboxylic acid groups (broad SMARTS) is 1. The van der Waals surface area contributed by atoms with Crippen LogP contribution in [0.1, 0.15) is 31.7 Å². The molecule has 0 aliphatic rings. The Morgan fingerprint density at radius 2 is 2.18 bits per heavy atom. The monoisotopic (exact) mass is 367 g/mol. The molecule has 0 atom stereocenters. The van der Waals surface area contributed by atoms with E-state index in [1.807, 2.05) is 0 Å². The van der Waals surface area contributed by atoms with Crippen LogP contribution in [0.15, 0.2) is 22.2 Å². The molecule has 22 heavy (non-hydrogen) atoms. The maximum absolute atomic E-state index is 11.0. The van der Waals surface area contributed by atoms with Crippen LogP contribution in [0.5, 0.6) is 11.5 Å². The highest BCUT2D eigenvalue weighted by Crippen LogP contribution is 2.36. The van der Waals surface area contributed by atoms with Crippen molar-refractivity contribution < 1.29 is 19.4 Å². The van der Waals surface area contributed by atoms with E-state index in [-0.39, 0.29) is 5.57 Å². The molecule has 0 amide bonds. The Hall–Kier alpha value is -2.00. The van der Waals surface area contributed by atoms with Crippen molar-refractivity contribution in [1.82, 2.24) is 0 Å². The summed E-state index contributed by atoms with van der Waals surface area (Å²) >= 11 is 3.33. The largest absolute Gasteiger partial charge is 0.493 e. The average molecular weight is 368 g/mol. The molecule has 0 unspecified atom stereocenters. The van der Waals surface area contributed by atoms with Gasteiger partial charge in [-0.1, -0.05) is 35.7 Å². The van der Waals surface area contributed by atoms with E-state index in [1.165, 1.54) is 13.2 Å². The van der Waals surface area contributed by atoms with Gasteiger partial charge in [0.15, 0.2) is 11.5 Å². The first-order valence-corrected chi connectivity index (χ1v) is 7.68. The van der Waals surface area contributed by atoms with Crippen LogP contribution in [0.3, 0.4) is 0 Å². The van der Waals surface area contributed by atoms with Crippen molar-refractivity contribution in [3.8, 4) is 17.6 Å². The van der Waals surface area contributed by atoms with E-state index in [0.717, 1.165) is 19.3 Å². The molecule has 0 spiro atoms. The lowest BCUT2D eigenvalue weighted by molar-refractivity contribution is -0.132. The van der Waals surface area contributed by atoms with Gasteiger partial charge in [0.2, 0.25) is 0 Å². The predicted molar refractivity (Wildman–Crippen MR) is 86.9 cm³/mol. The minimum absolute atomic E-state index is 0.362. The third-order valence-corrected chi connectivity index (χ3v) is 3.37. The van der Waals surface area contributed by atoms with Crippen LogP contribution in [-0.2, 0) is 4.79 Å². The first kappa shape index (κ1) is 18.1. The number of halogens is 1. The van der Waals surface area contributed by atoms with E-state index in [0.29, 0.717) is 28.1 Å². The van der Waals surface area contributed by atoms with Crippen LogP contribution in [-0.4, -0.2) is 24.8 Å². The maximum Gasteiger partial charge on any atom is 0.346 e. The summed E-state index contributed by atoms with van der Waals surface area (Å²) in [4.78, 5) is 11.0. The normalized spacial score (nSPS) is 10.9. The maximum atomic E-state index is 11.0. The summed E-state index contributed by atoms with van der Waals surface area (Å²) in [7, 11) is 1.51. The van der Waals surface area contributed by atoms with Crippen molar-refractivity contribution in [1.29, 1.82) is 5.26 Å². The van der Waals surface area contributed by atoms with Crippen molar-refractivity contribution in [2.24, 2.45) is 0 Å². The molecule has 0 bridgehead atoms. The molecule has 0 aliphatic heterocycles. The molecule has 0 saturated carbocycles. The lowest BCUT2D eigenvalue weighted by atomic mass is 10.1. The van der Waals surface area contributed by atoms with Crippen LogP contribution in [0.4, 0.5) is 0 Å². The lowest BCUT2D eigenvalue weighted by Gasteiger charge is -2.14. The molecule has 0 fully saturated rings. The average Bonchev–Trinajstić information content (AvgIpc) is 2.49. The van der Waals surface area contributed by atoms with Gasteiger partial charge >= 0.3 is 5.97 Å². The van der Waals surface area contributed by atoms with Gasteiger partial charge in [-0.15, -0.1) is 0 Å². The number of nitrogens with zero attached hydrogens (tertiary/aromatic N) is 1. The van der Waals surface area contributed by atoms with Crippen LogP contribution in [0.2, 0.25) is 0 Å². The van der Waals surface area contributed by atoms with E-state index < -0.39 is 5.97 Å². The Balaban J connectivity index is 3.21. The Morgan fingerprint density at radius 1 is 1.45 bits per heavy atom. The summed E-state index contributed by atoms with van der Waals surface area (Å²) in [6.07, 6.45) is 4.29. The zero-order chi connectivity index (χ0) is 16.5. The van der Waals surface area contributed by atoms with Gasteiger partial charge in [0.1, 0.15) is 11.6 Å². The zero-order valence-corrected chi connectivity index (χ0v) is 14.1. The molecule has 0 aliphatic carbocycles. The van der Waals surface area contributed by atoms with E-state index in [4.69, 9.17) is 19.8 Å². The molecule has 1 aromatic rings. The second kappa shape index (κ2) is 9.11. The second-order valence-corrected chi connectivity index (χ2v) is 5.47. The van der Waals surface area contributed by atoms with Gasteiger partial charge in [-0.2, -0.15) is 5.26 Å². The van der Waals surface area contributed by atoms with Crippen LogP contribution in [0.25, 0.3) is 6.08 Å². The number of methoxy groups -OCH3 is 1. The third kappa shape index (κ3) is 5.08. The SMILES string of the molecule is CCCCCOc1c(C=C(C#N)C(=O)O)cc(Br)cc1OC. The number of carbonyl (C=O) groups is 1. The van der Waals surface area contributed by atoms with Crippen molar-refractivity contribution in [2.75, 3.05) is 13.7 Å². The van der Waals surface area contributed by atoms with Gasteiger partial charge in [-0.3, -0.25) is 0 Å². The summed E-state index contributed by atoms with van der Waals surface area (Å²) in [5, 5.41) is 17.9. The van der Waals surface area contributed by atoms with E-state index in [9.17, 15) is 4.79 Å². The van der Waals surface area contributed by atoms with Crippen LogP contribution >= 0.6 is 15.9 Å². The molecule has 1 rings (SSSR count). The van der Waals surface area contributed by atoms with Gasteiger partial charge < -0.3 is 14.6 Å². The first-order valence-electron chi connectivity index (χ1n) is 6.88. The van der Waals surface area contributed by atoms with E-state index in [2.05, 4.69) is 22.9 Å². The number of benzene rings is 1. The predicted octanol–water partition coefficient (Wildman–Crippen LogP) is 4.02. The molecular formula is C16H18BrNO4. The highest BCUT2D eigenvalue weighted by Gasteiger charge is 2.14. The fourth-order valence-electron chi connectivity index (χ4n) is 1.83. The number of carboxylic acids is 1. The van der Waals surface area contributed by atoms with Crippen molar-refractivity contribution in [2.45, 2.75) is 26.2 Å². The molecule has 1 aromatic carbocycles. The van der Waals surface area contributed by atoms with Crippen LogP contribution < -0.4 is 9.47 Å². The Labute approximate surface area is 138 Å². The summed E-state index contributed by atoms with van der Waals surface area (Å²) in [6.45, 7) is 2.60. The van der Waals surface area contributed by atoms with Gasteiger partial charge in [0, 0.05) is 10.0 Å². The number of rotatable bonds is 8. The standard InChI is InChI=1S/C16H18BrNO4/c1-3-4-5-6-22-15-11(7-12(10-18)16(19)20)8-13(17)9-14(15)21-2/h7-9H,3-6H2,1-2H3,(H,19,20). The second-order valence-electron chi connectivity index (χ2n) is 4.56. The fraction of sp³-hybridized carbons (Fsp3) is 0.375. The number of unbranched alkanes of at least 4 members (excludes halogenated alkanes) is 2. The molecule has 5 nitrogen and oxygen atoms in total. The summed E-state index contributed by atoms with van der Waals surface area (Å²) in [5.74, 6) is -0.353. The number of aliphatic carboxylic acids is 1. The van der Waals surface area contributed by atoms with Gasteiger partial charge in [0.25, 0.3) is 0 Å². The number of hydrogen-bond donors (Lipinski definition) is 1. The quantitative estimate of drug-likeness (QED) is 0.426. The highest BCUT2D eigenvalue weighted by molar-refractivity contribution is 9.10.